The van der Waals surface area contributed by atoms with E-state index in [0.717, 1.165) is 11.3 Å². The topological polar surface area (TPSA) is 68.0 Å². The van der Waals surface area contributed by atoms with E-state index < -0.39 is 6.04 Å². The fourth-order valence-corrected chi connectivity index (χ4v) is 1.78. The summed E-state index contributed by atoms with van der Waals surface area (Å²) < 4.78 is 0. The van der Waals surface area contributed by atoms with Gasteiger partial charge in [-0.15, -0.1) is 11.3 Å². The molecule has 84 valence electrons. The van der Waals surface area contributed by atoms with Crippen molar-refractivity contribution >= 4 is 22.4 Å². The molecule has 0 radical (unpaired) electrons. The fourth-order valence-electron chi connectivity index (χ4n) is 1.02. The second-order valence-corrected chi connectivity index (χ2v) is 4.86. The molecule has 0 aliphatic carbocycles. The third-order valence-corrected chi connectivity index (χ3v) is 3.21. The maximum atomic E-state index is 11.6. The van der Waals surface area contributed by atoms with E-state index in [0.29, 0.717) is 5.13 Å². The van der Waals surface area contributed by atoms with Crippen molar-refractivity contribution in [3.05, 3.63) is 11.1 Å². The molecule has 0 fully saturated rings. The number of hydrogen-bond donors (Lipinski definition) is 2. The van der Waals surface area contributed by atoms with Gasteiger partial charge < -0.3 is 11.1 Å². The Balaban J connectivity index is 2.58. The molecule has 0 spiro atoms. The predicted octanol–water partition coefficient (Wildman–Crippen LogP) is 1.63. The summed E-state index contributed by atoms with van der Waals surface area (Å²) >= 11 is 1.49. The molecule has 0 aliphatic rings. The number of nitrogens with zero attached hydrogens (tertiary/aromatic N) is 1. The van der Waals surface area contributed by atoms with E-state index in [1.54, 1.807) is 6.20 Å². The molecule has 1 atom stereocenters. The molecule has 0 aromatic carbocycles. The van der Waals surface area contributed by atoms with Crippen LogP contribution in [0.15, 0.2) is 6.20 Å². The summed E-state index contributed by atoms with van der Waals surface area (Å²) in [7, 11) is 0. The second-order valence-electron chi connectivity index (χ2n) is 3.74. The minimum Gasteiger partial charge on any atom is -0.320 e. The average Bonchev–Trinajstić information content (AvgIpc) is 2.64. The summed E-state index contributed by atoms with van der Waals surface area (Å²) in [6.45, 7) is 5.89. The Bertz CT molecular complexity index is 335. The number of rotatable bonds is 4. The van der Waals surface area contributed by atoms with Crippen molar-refractivity contribution in [1.82, 2.24) is 4.98 Å². The van der Waals surface area contributed by atoms with Gasteiger partial charge >= 0.3 is 0 Å². The van der Waals surface area contributed by atoms with E-state index in [-0.39, 0.29) is 11.8 Å². The third kappa shape index (κ3) is 3.28. The van der Waals surface area contributed by atoms with Gasteiger partial charge in [0, 0.05) is 11.1 Å². The van der Waals surface area contributed by atoms with Gasteiger partial charge in [0.1, 0.15) is 0 Å². The standard InChI is InChI=1S/C10H17N3OS/c1-4-7-5-12-10(15-7)13-9(14)8(11)6(2)3/h5-6,8H,4,11H2,1-3H3,(H,12,13,14)/t8-/m0/s1. The van der Waals surface area contributed by atoms with E-state index in [4.69, 9.17) is 5.73 Å². The summed E-state index contributed by atoms with van der Waals surface area (Å²) in [4.78, 5) is 16.8. The summed E-state index contributed by atoms with van der Waals surface area (Å²) in [6.07, 6.45) is 2.71. The fraction of sp³-hybridized carbons (Fsp3) is 0.600. The second kappa shape index (κ2) is 5.23. The van der Waals surface area contributed by atoms with Gasteiger partial charge in [-0.3, -0.25) is 4.79 Å². The van der Waals surface area contributed by atoms with E-state index in [9.17, 15) is 4.79 Å². The maximum Gasteiger partial charge on any atom is 0.243 e. The van der Waals surface area contributed by atoms with Crippen LogP contribution < -0.4 is 11.1 Å². The third-order valence-electron chi connectivity index (χ3n) is 2.15. The van der Waals surface area contributed by atoms with Crippen LogP contribution in [0.4, 0.5) is 5.13 Å². The first-order valence-electron chi connectivity index (χ1n) is 5.05. The highest BCUT2D eigenvalue weighted by Gasteiger charge is 2.18. The first-order valence-corrected chi connectivity index (χ1v) is 5.87. The predicted molar refractivity (Wildman–Crippen MR) is 62.9 cm³/mol. The molecule has 1 amide bonds. The minimum atomic E-state index is -0.473. The van der Waals surface area contributed by atoms with Crippen LogP contribution in [0, 0.1) is 5.92 Å². The lowest BCUT2D eigenvalue weighted by Gasteiger charge is -2.13. The number of amides is 1. The molecule has 0 unspecified atom stereocenters. The van der Waals surface area contributed by atoms with Crippen LogP contribution in [0.1, 0.15) is 25.6 Å². The zero-order chi connectivity index (χ0) is 11.4. The molecule has 1 heterocycles. The van der Waals surface area contributed by atoms with Gasteiger partial charge in [0.15, 0.2) is 5.13 Å². The van der Waals surface area contributed by atoms with Crippen LogP contribution in [0.2, 0.25) is 0 Å². The van der Waals surface area contributed by atoms with Gasteiger partial charge in [0.05, 0.1) is 6.04 Å². The zero-order valence-corrected chi connectivity index (χ0v) is 10.1. The molecule has 1 rings (SSSR count). The van der Waals surface area contributed by atoms with E-state index >= 15 is 0 Å². The molecule has 0 bridgehead atoms. The molecule has 5 heteroatoms. The first-order chi connectivity index (χ1) is 7.04. The van der Waals surface area contributed by atoms with Gasteiger partial charge in [-0.25, -0.2) is 4.98 Å². The van der Waals surface area contributed by atoms with Gasteiger partial charge in [0.25, 0.3) is 0 Å². The Morgan fingerprint density at radius 2 is 2.33 bits per heavy atom. The van der Waals surface area contributed by atoms with Crippen LogP contribution in [0.25, 0.3) is 0 Å². The monoisotopic (exact) mass is 227 g/mol. The molecule has 4 nitrogen and oxygen atoms in total. The molecule has 3 N–H and O–H groups in total. The van der Waals surface area contributed by atoms with Crippen molar-refractivity contribution in [3.8, 4) is 0 Å². The molecule has 0 saturated heterocycles. The normalized spacial score (nSPS) is 12.9. The number of nitrogens with one attached hydrogen (secondary N) is 1. The molecular weight excluding hydrogens is 210 g/mol. The number of carbonyl (C=O) groups excluding carboxylic acids is 1. The number of nitrogens with two attached hydrogens (primary N) is 1. The minimum absolute atomic E-state index is 0.135. The quantitative estimate of drug-likeness (QED) is 0.821. The Hall–Kier alpha value is -0.940. The number of aromatic nitrogens is 1. The summed E-state index contributed by atoms with van der Waals surface area (Å²) in [6, 6.07) is -0.473. The lowest BCUT2D eigenvalue weighted by Crippen LogP contribution is -2.39. The number of aryl methyl sites for hydroxylation is 1. The lowest BCUT2D eigenvalue weighted by atomic mass is 10.1. The van der Waals surface area contributed by atoms with Gasteiger partial charge in [0.2, 0.25) is 5.91 Å². The van der Waals surface area contributed by atoms with E-state index in [2.05, 4.69) is 17.2 Å². The Morgan fingerprint density at radius 1 is 1.67 bits per heavy atom. The number of hydrogen-bond acceptors (Lipinski definition) is 4. The average molecular weight is 227 g/mol. The van der Waals surface area contributed by atoms with Crippen molar-refractivity contribution < 1.29 is 4.79 Å². The van der Waals surface area contributed by atoms with Gasteiger partial charge in [-0.2, -0.15) is 0 Å². The van der Waals surface area contributed by atoms with Crippen LogP contribution in [0.5, 0.6) is 0 Å². The largest absolute Gasteiger partial charge is 0.320 e. The number of carbonyl (C=O) groups is 1. The Kier molecular flexibility index (Phi) is 4.23. The van der Waals surface area contributed by atoms with Crippen molar-refractivity contribution in [2.24, 2.45) is 11.7 Å². The summed E-state index contributed by atoms with van der Waals surface area (Å²) in [5.74, 6) is -0.0300. The highest BCUT2D eigenvalue weighted by Crippen LogP contribution is 2.18. The Morgan fingerprint density at radius 3 is 2.80 bits per heavy atom. The summed E-state index contributed by atoms with van der Waals surface area (Å²) in [5.41, 5.74) is 5.71. The van der Waals surface area contributed by atoms with Crippen molar-refractivity contribution in [2.75, 3.05) is 5.32 Å². The van der Waals surface area contributed by atoms with Crippen molar-refractivity contribution in [1.29, 1.82) is 0 Å². The van der Waals surface area contributed by atoms with Crippen LogP contribution >= 0.6 is 11.3 Å². The number of thiazole rings is 1. The van der Waals surface area contributed by atoms with E-state index in [1.807, 2.05) is 13.8 Å². The number of anilines is 1. The lowest BCUT2D eigenvalue weighted by molar-refractivity contribution is -0.118. The van der Waals surface area contributed by atoms with Crippen LogP contribution in [0.3, 0.4) is 0 Å². The molecule has 0 saturated carbocycles. The molecule has 15 heavy (non-hydrogen) atoms. The highest BCUT2D eigenvalue weighted by atomic mass is 32.1. The van der Waals surface area contributed by atoms with Crippen molar-refractivity contribution in [2.45, 2.75) is 33.2 Å². The maximum absolute atomic E-state index is 11.6. The molecular formula is C10H17N3OS. The summed E-state index contributed by atoms with van der Waals surface area (Å²) in [5, 5.41) is 3.35. The van der Waals surface area contributed by atoms with Gasteiger partial charge in [-0.05, 0) is 12.3 Å². The molecule has 1 aromatic rings. The van der Waals surface area contributed by atoms with Crippen molar-refractivity contribution in [3.63, 3.8) is 0 Å². The Labute approximate surface area is 93.9 Å². The first kappa shape index (κ1) is 12.1. The molecule has 0 aliphatic heterocycles. The molecule has 1 aromatic heterocycles. The SMILES string of the molecule is CCc1cnc(NC(=O)[C@@H](N)C(C)C)s1. The van der Waals surface area contributed by atoms with Crippen LogP contribution in [-0.2, 0) is 11.2 Å². The highest BCUT2D eigenvalue weighted by molar-refractivity contribution is 7.15. The smallest absolute Gasteiger partial charge is 0.243 e. The van der Waals surface area contributed by atoms with Gasteiger partial charge in [-0.1, -0.05) is 20.8 Å². The van der Waals surface area contributed by atoms with Crippen LogP contribution in [-0.4, -0.2) is 16.9 Å². The zero-order valence-electron chi connectivity index (χ0n) is 9.28. The van der Waals surface area contributed by atoms with E-state index in [1.165, 1.54) is 11.3 Å².